The first kappa shape index (κ1) is 23.2. The minimum absolute atomic E-state index is 0.0308. The maximum absolute atomic E-state index is 13.5. The Balaban J connectivity index is 1.57. The Morgan fingerprint density at radius 2 is 1.79 bits per heavy atom. The molecular weight excluding hydrogens is 442 g/mol. The molecule has 2 aromatic carbocycles. The largest absolute Gasteiger partial charge is 0.447 e. The third kappa shape index (κ3) is 5.33. The van der Waals surface area contributed by atoms with Crippen LogP contribution in [0.1, 0.15) is 24.0 Å². The quantitative estimate of drug-likeness (QED) is 0.452. The minimum atomic E-state index is -1.33. The van der Waals surface area contributed by atoms with Crippen LogP contribution in [-0.4, -0.2) is 64.7 Å². The predicted octanol–water partition coefficient (Wildman–Crippen LogP) is 3.33. The van der Waals surface area contributed by atoms with E-state index in [-0.39, 0.29) is 18.7 Å². The molecule has 178 valence electrons. The lowest BCUT2D eigenvalue weighted by Gasteiger charge is -2.26. The molecule has 2 heterocycles. The van der Waals surface area contributed by atoms with Gasteiger partial charge < -0.3 is 14.4 Å². The minimum Gasteiger partial charge on any atom is -0.447 e. The van der Waals surface area contributed by atoms with Gasteiger partial charge in [-0.3, -0.25) is 14.9 Å². The van der Waals surface area contributed by atoms with Gasteiger partial charge in [-0.05, 0) is 30.4 Å². The van der Waals surface area contributed by atoms with Crippen LogP contribution in [0.25, 0.3) is 0 Å². The first-order valence-electron chi connectivity index (χ1n) is 11.1. The molecule has 2 atom stereocenters. The summed E-state index contributed by atoms with van der Waals surface area (Å²) in [7, 11) is 0. The molecule has 0 bridgehead atoms. The summed E-state index contributed by atoms with van der Waals surface area (Å²) in [6, 6.07) is 14.6. The standard InChI is InChI=1S/C24H25N3O7/c28-22(26-20(16-33-24(26)30)13-17-7-2-1-3-8-17)21(34-23(29)25-11-4-5-12-25)15-18-9-6-10-19(14-18)27(31)32/h1-3,6-10,14,20-21H,4-5,11-13,15-16H2. The molecule has 2 unspecified atom stereocenters. The van der Waals surface area contributed by atoms with Crippen molar-refractivity contribution in [3.8, 4) is 0 Å². The predicted molar refractivity (Wildman–Crippen MR) is 120 cm³/mol. The Morgan fingerprint density at radius 1 is 1.09 bits per heavy atom. The highest BCUT2D eigenvalue weighted by molar-refractivity contribution is 5.97. The SMILES string of the molecule is O=C(OC(Cc1cccc([N+](=O)[O-])c1)C(=O)N1C(=O)OCC1Cc1ccccc1)N1CCCC1. The van der Waals surface area contributed by atoms with E-state index in [2.05, 4.69) is 0 Å². The number of imide groups is 1. The number of non-ortho nitro benzene ring substituents is 1. The van der Waals surface area contributed by atoms with Gasteiger partial charge in [-0.2, -0.15) is 0 Å². The highest BCUT2D eigenvalue weighted by Crippen LogP contribution is 2.23. The van der Waals surface area contributed by atoms with Gasteiger partial charge in [0.2, 0.25) is 0 Å². The molecule has 0 spiro atoms. The van der Waals surface area contributed by atoms with Crippen LogP contribution >= 0.6 is 0 Å². The van der Waals surface area contributed by atoms with E-state index in [1.54, 1.807) is 6.07 Å². The summed E-state index contributed by atoms with van der Waals surface area (Å²) < 4.78 is 10.7. The van der Waals surface area contributed by atoms with Crippen molar-refractivity contribution >= 4 is 23.8 Å². The van der Waals surface area contributed by atoms with E-state index in [1.807, 2.05) is 30.3 Å². The van der Waals surface area contributed by atoms with Crippen LogP contribution in [0.3, 0.4) is 0 Å². The van der Waals surface area contributed by atoms with Crippen molar-refractivity contribution in [3.63, 3.8) is 0 Å². The number of benzene rings is 2. The zero-order valence-corrected chi connectivity index (χ0v) is 18.5. The summed E-state index contributed by atoms with van der Waals surface area (Å²) >= 11 is 0. The van der Waals surface area contributed by atoms with E-state index in [1.165, 1.54) is 23.1 Å². The fourth-order valence-corrected chi connectivity index (χ4v) is 4.21. The topological polar surface area (TPSA) is 119 Å². The zero-order valence-electron chi connectivity index (χ0n) is 18.5. The van der Waals surface area contributed by atoms with Crippen LogP contribution in [0.4, 0.5) is 15.3 Å². The van der Waals surface area contributed by atoms with Gasteiger partial charge in [0, 0.05) is 31.6 Å². The van der Waals surface area contributed by atoms with Gasteiger partial charge in [-0.1, -0.05) is 42.5 Å². The fourth-order valence-electron chi connectivity index (χ4n) is 4.21. The molecule has 0 saturated carbocycles. The summed E-state index contributed by atoms with van der Waals surface area (Å²) in [6.07, 6.45) is -0.810. The Bertz CT molecular complexity index is 1070. The van der Waals surface area contributed by atoms with Crippen molar-refractivity contribution in [2.75, 3.05) is 19.7 Å². The van der Waals surface area contributed by atoms with E-state index < -0.39 is 35.2 Å². The maximum Gasteiger partial charge on any atom is 0.417 e. The number of cyclic esters (lactones) is 1. The van der Waals surface area contributed by atoms with E-state index in [4.69, 9.17) is 9.47 Å². The molecule has 2 saturated heterocycles. The Kier molecular flexibility index (Phi) is 7.05. The average Bonchev–Trinajstić information content (AvgIpc) is 3.49. The summed E-state index contributed by atoms with van der Waals surface area (Å²) in [5.74, 6) is -0.706. The fraction of sp³-hybridized carbons (Fsp3) is 0.375. The Hall–Kier alpha value is -3.95. The number of nitrogens with zero attached hydrogens (tertiary/aromatic N) is 3. The maximum atomic E-state index is 13.5. The van der Waals surface area contributed by atoms with Crippen molar-refractivity contribution in [3.05, 3.63) is 75.8 Å². The van der Waals surface area contributed by atoms with Crippen molar-refractivity contribution in [2.24, 2.45) is 0 Å². The molecule has 0 aromatic heterocycles. The van der Waals surface area contributed by atoms with Crippen LogP contribution in [0.15, 0.2) is 54.6 Å². The number of rotatable bonds is 7. The number of hydrogen-bond acceptors (Lipinski definition) is 7. The molecule has 10 nitrogen and oxygen atoms in total. The molecule has 2 fully saturated rings. The van der Waals surface area contributed by atoms with Crippen molar-refractivity contribution < 1.29 is 28.8 Å². The van der Waals surface area contributed by atoms with Gasteiger partial charge in [0.05, 0.1) is 11.0 Å². The van der Waals surface area contributed by atoms with E-state index in [0.717, 1.165) is 23.3 Å². The highest BCUT2D eigenvalue weighted by atomic mass is 16.6. The van der Waals surface area contributed by atoms with Gasteiger partial charge in [-0.25, -0.2) is 14.5 Å². The third-order valence-electron chi connectivity index (χ3n) is 5.94. The molecule has 4 rings (SSSR count). The van der Waals surface area contributed by atoms with Crippen molar-refractivity contribution in [1.82, 2.24) is 9.80 Å². The Morgan fingerprint density at radius 3 is 2.50 bits per heavy atom. The summed E-state index contributed by atoms with van der Waals surface area (Å²) in [4.78, 5) is 51.9. The van der Waals surface area contributed by atoms with Gasteiger partial charge in [-0.15, -0.1) is 0 Å². The second kappa shape index (κ2) is 10.3. The number of amides is 3. The lowest BCUT2D eigenvalue weighted by Crippen LogP contribution is -2.48. The van der Waals surface area contributed by atoms with Crippen LogP contribution in [0.5, 0.6) is 0 Å². The molecule has 2 aliphatic heterocycles. The number of likely N-dealkylation sites (tertiary alicyclic amines) is 1. The van der Waals surface area contributed by atoms with Crippen LogP contribution in [-0.2, 0) is 27.1 Å². The normalized spacial score (nSPS) is 18.5. The second-order valence-electron chi connectivity index (χ2n) is 8.33. The van der Waals surface area contributed by atoms with E-state index >= 15 is 0 Å². The van der Waals surface area contributed by atoms with Gasteiger partial charge in [0.1, 0.15) is 6.61 Å². The molecular formula is C24H25N3O7. The monoisotopic (exact) mass is 467 g/mol. The number of nitro benzene ring substituents is 1. The smallest absolute Gasteiger partial charge is 0.417 e. The highest BCUT2D eigenvalue weighted by Gasteiger charge is 2.42. The number of ether oxygens (including phenoxy) is 2. The van der Waals surface area contributed by atoms with Gasteiger partial charge >= 0.3 is 12.2 Å². The van der Waals surface area contributed by atoms with Crippen LogP contribution in [0, 0.1) is 10.1 Å². The number of carbonyl (C=O) groups excluding carboxylic acids is 3. The van der Waals surface area contributed by atoms with E-state index in [9.17, 15) is 24.5 Å². The number of hydrogen-bond donors (Lipinski definition) is 0. The number of nitro groups is 1. The summed E-state index contributed by atoms with van der Waals surface area (Å²) in [5.41, 5.74) is 1.22. The second-order valence-corrected chi connectivity index (χ2v) is 8.33. The zero-order chi connectivity index (χ0) is 24.1. The lowest BCUT2D eigenvalue weighted by molar-refractivity contribution is -0.384. The molecule has 34 heavy (non-hydrogen) atoms. The van der Waals surface area contributed by atoms with Crippen LogP contribution in [0.2, 0.25) is 0 Å². The molecule has 10 heteroatoms. The Labute approximate surface area is 196 Å². The molecule has 3 amide bonds. The lowest BCUT2D eigenvalue weighted by atomic mass is 10.0. The van der Waals surface area contributed by atoms with Gasteiger partial charge in [0.15, 0.2) is 6.10 Å². The first-order valence-corrected chi connectivity index (χ1v) is 11.1. The number of carbonyl (C=O) groups is 3. The third-order valence-corrected chi connectivity index (χ3v) is 5.94. The molecule has 2 aromatic rings. The molecule has 0 radical (unpaired) electrons. The molecule has 2 aliphatic rings. The summed E-state index contributed by atoms with van der Waals surface area (Å²) in [5, 5.41) is 11.2. The summed E-state index contributed by atoms with van der Waals surface area (Å²) in [6.45, 7) is 1.08. The van der Waals surface area contributed by atoms with Crippen molar-refractivity contribution in [2.45, 2.75) is 37.8 Å². The van der Waals surface area contributed by atoms with Crippen LogP contribution < -0.4 is 0 Å². The van der Waals surface area contributed by atoms with Crippen molar-refractivity contribution in [1.29, 1.82) is 0 Å². The van der Waals surface area contributed by atoms with Gasteiger partial charge in [0.25, 0.3) is 11.6 Å². The average molecular weight is 467 g/mol. The molecule has 0 N–H and O–H groups in total. The first-order chi connectivity index (χ1) is 16.4. The molecule has 0 aliphatic carbocycles. The van der Waals surface area contributed by atoms with E-state index in [0.29, 0.717) is 25.1 Å².